The van der Waals surface area contributed by atoms with Crippen molar-refractivity contribution in [3.8, 4) is 0 Å². The monoisotopic (exact) mass is 441 g/mol. The summed E-state index contributed by atoms with van der Waals surface area (Å²) in [5, 5.41) is 5.20. The molecule has 3 heterocycles. The molecule has 2 aliphatic rings. The Bertz CT molecular complexity index is 1050. The van der Waals surface area contributed by atoms with E-state index < -0.39 is 11.9 Å². The zero-order valence-corrected chi connectivity index (χ0v) is 17.5. The highest BCUT2D eigenvalue weighted by Gasteiger charge is 2.41. The number of rotatable bonds is 7. The Morgan fingerprint density at radius 1 is 1.23 bits per heavy atom. The zero-order valence-electron chi connectivity index (χ0n) is 15.9. The average Bonchev–Trinajstić information content (AvgIpc) is 3.37. The van der Waals surface area contributed by atoms with Crippen molar-refractivity contribution in [2.45, 2.75) is 25.4 Å². The summed E-state index contributed by atoms with van der Waals surface area (Å²) in [6, 6.07) is 10.6. The van der Waals surface area contributed by atoms with Gasteiger partial charge in [-0.15, -0.1) is 11.3 Å². The summed E-state index contributed by atoms with van der Waals surface area (Å²) < 4.78 is 0. The standard InChI is InChI=1S/C20H19N5O3S2/c21-16(26)11-30-20-24-14-6-2-1-5-13(14)18-23-15(19(28)25(18)20)7-8-17(27)22-10-12-4-3-9-29-12/h1-6,9,15H,7-8,10-11H2,(H2,21,26)(H,22,27)/t15-/m0/s1. The molecule has 8 nitrogen and oxygen atoms in total. The molecule has 30 heavy (non-hydrogen) atoms. The summed E-state index contributed by atoms with van der Waals surface area (Å²) in [5.74, 6) is -0.361. The van der Waals surface area contributed by atoms with Gasteiger partial charge in [-0.25, -0.2) is 9.89 Å². The van der Waals surface area contributed by atoms with Crippen LogP contribution in [0.3, 0.4) is 0 Å². The van der Waals surface area contributed by atoms with E-state index >= 15 is 0 Å². The van der Waals surface area contributed by atoms with Gasteiger partial charge in [0, 0.05) is 16.9 Å². The Hall–Kier alpha value is -2.98. The fraction of sp³-hybridized carbons (Fsp3) is 0.250. The molecule has 3 amide bonds. The van der Waals surface area contributed by atoms with Gasteiger partial charge in [-0.2, -0.15) is 0 Å². The first-order valence-corrected chi connectivity index (χ1v) is 11.2. The van der Waals surface area contributed by atoms with Crippen LogP contribution in [0.4, 0.5) is 5.69 Å². The van der Waals surface area contributed by atoms with Gasteiger partial charge in [-0.3, -0.25) is 19.4 Å². The number of para-hydroxylation sites is 1. The number of amides is 3. The van der Waals surface area contributed by atoms with E-state index in [2.05, 4.69) is 15.3 Å². The molecule has 0 radical (unpaired) electrons. The topological polar surface area (TPSA) is 117 Å². The van der Waals surface area contributed by atoms with Crippen LogP contribution in [0.25, 0.3) is 0 Å². The summed E-state index contributed by atoms with van der Waals surface area (Å²) in [6.45, 7) is 0.476. The van der Waals surface area contributed by atoms with Gasteiger partial charge in [0.05, 0.1) is 18.0 Å². The molecule has 154 valence electrons. The molecule has 0 aliphatic carbocycles. The highest BCUT2D eigenvalue weighted by atomic mass is 32.2. The second kappa shape index (κ2) is 8.80. The molecule has 1 aromatic heterocycles. The van der Waals surface area contributed by atoms with E-state index in [1.165, 1.54) is 4.90 Å². The van der Waals surface area contributed by atoms with Crippen LogP contribution in [0.2, 0.25) is 0 Å². The fourth-order valence-electron chi connectivity index (χ4n) is 3.18. The van der Waals surface area contributed by atoms with Crippen LogP contribution in [0.5, 0.6) is 0 Å². The molecule has 0 spiro atoms. The molecule has 0 saturated heterocycles. The van der Waals surface area contributed by atoms with Gasteiger partial charge in [0.2, 0.25) is 11.8 Å². The quantitative estimate of drug-likeness (QED) is 0.683. The van der Waals surface area contributed by atoms with Crippen LogP contribution >= 0.6 is 23.1 Å². The molecule has 0 unspecified atom stereocenters. The minimum Gasteiger partial charge on any atom is -0.369 e. The van der Waals surface area contributed by atoms with E-state index in [4.69, 9.17) is 5.73 Å². The van der Waals surface area contributed by atoms with E-state index in [0.29, 0.717) is 29.7 Å². The molecule has 3 N–H and O–H groups in total. The third kappa shape index (κ3) is 4.29. The van der Waals surface area contributed by atoms with E-state index in [1.807, 2.05) is 41.8 Å². The number of nitrogens with two attached hydrogens (primary N) is 1. The van der Waals surface area contributed by atoms with Gasteiger partial charge < -0.3 is 11.1 Å². The van der Waals surface area contributed by atoms with Gasteiger partial charge in [0.25, 0.3) is 5.91 Å². The van der Waals surface area contributed by atoms with Crippen LogP contribution in [0.15, 0.2) is 51.8 Å². The Balaban J connectivity index is 1.47. The van der Waals surface area contributed by atoms with E-state index in [9.17, 15) is 14.4 Å². The number of nitrogens with one attached hydrogen (secondary N) is 1. The van der Waals surface area contributed by atoms with Crippen LogP contribution < -0.4 is 11.1 Å². The molecule has 10 heteroatoms. The predicted molar refractivity (Wildman–Crippen MR) is 118 cm³/mol. The lowest BCUT2D eigenvalue weighted by Crippen LogP contribution is -2.41. The summed E-state index contributed by atoms with van der Waals surface area (Å²) in [7, 11) is 0. The smallest absolute Gasteiger partial charge is 0.259 e. The second-order valence-electron chi connectivity index (χ2n) is 6.70. The van der Waals surface area contributed by atoms with E-state index in [1.54, 1.807) is 11.3 Å². The van der Waals surface area contributed by atoms with E-state index in [-0.39, 0.29) is 24.0 Å². The highest BCUT2D eigenvalue weighted by Crippen LogP contribution is 2.34. The van der Waals surface area contributed by atoms with Crippen LogP contribution in [-0.2, 0) is 20.9 Å². The first-order valence-electron chi connectivity index (χ1n) is 9.33. The Morgan fingerprint density at radius 2 is 2.07 bits per heavy atom. The third-order valence-electron chi connectivity index (χ3n) is 4.58. The molecule has 1 aromatic carbocycles. The molecule has 4 rings (SSSR count). The number of fused-ring (bicyclic) bond motifs is 3. The van der Waals surface area contributed by atoms with Gasteiger partial charge in [0.15, 0.2) is 5.17 Å². The molecule has 2 aromatic rings. The summed E-state index contributed by atoms with van der Waals surface area (Å²) in [6.07, 6.45) is 0.486. The van der Waals surface area contributed by atoms with Crippen molar-refractivity contribution in [3.63, 3.8) is 0 Å². The van der Waals surface area contributed by atoms with Crippen molar-refractivity contribution in [2.75, 3.05) is 5.75 Å². The van der Waals surface area contributed by atoms with Crippen molar-refractivity contribution >= 4 is 57.5 Å². The predicted octanol–water partition coefficient (Wildman–Crippen LogP) is 2.02. The Labute approximate surface area is 181 Å². The number of thioether (sulfide) groups is 1. The summed E-state index contributed by atoms with van der Waals surface area (Å²) >= 11 is 2.68. The van der Waals surface area contributed by atoms with Gasteiger partial charge in [-0.05, 0) is 30.0 Å². The fourth-order valence-corrected chi connectivity index (χ4v) is 4.56. The number of carbonyl (C=O) groups excluding carboxylic acids is 3. The normalized spacial score (nSPS) is 17.1. The second-order valence-corrected chi connectivity index (χ2v) is 8.68. The van der Waals surface area contributed by atoms with Gasteiger partial charge in [-0.1, -0.05) is 30.0 Å². The summed E-state index contributed by atoms with van der Waals surface area (Å²) in [5.41, 5.74) is 6.69. The van der Waals surface area contributed by atoms with Crippen molar-refractivity contribution in [1.29, 1.82) is 0 Å². The van der Waals surface area contributed by atoms with Crippen LogP contribution in [-0.4, -0.2) is 45.4 Å². The number of amidine groups is 2. The van der Waals surface area contributed by atoms with Crippen molar-refractivity contribution < 1.29 is 14.4 Å². The van der Waals surface area contributed by atoms with E-state index in [0.717, 1.165) is 22.2 Å². The van der Waals surface area contributed by atoms with Crippen molar-refractivity contribution in [3.05, 3.63) is 52.2 Å². The highest BCUT2D eigenvalue weighted by molar-refractivity contribution is 8.14. The van der Waals surface area contributed by atoms with Crippen molar-refractivity contribution in [2.24, 2.45) is 15.7 Å². The number of thiophene rings is 1. The first kappa shape index (κ1) is 20.3. The largest absolute Gasteiger partial charge is 0.369 e. The lowest BCUT2D eigenvalue weighted by atomic mass is 10.1. The number of benzene rings is 1. The van der Waals surface area contributed by atoms with Gasteiger partial charge >= 0.3 is 0 Å². The average molecular weight is 442 g/mol. The number of hydrogen-bond acceptors (Lipinski definition) is 7. The number of nitrogens with zero attached hydrogens (tertiary/aromatic N) is 3. The molecule has 2 aliphatic heterocycles. The van der Waals surface area contributed by atoms with Crippen LogP contribution in [0.1, 0.15) is 23.3 Å². The maximum absolute atomic E-state index is 13.0. The minimum atomic E-state index is -0.668. The lowest BCUT2D eigenvalue weighted by Gasteiger charge is -2.25. The number of carbonyl (C=O) groups is 3. The number of hydrogen-bond donors (Lipinski definition) is 2. The molecular formula is C20H19N5O3S2. The minimum absolute atomic E-state index is 0.00779. The molecule has 1 atom stereocenters. The Kier molecular flexibility index (Phi) is 5.96. The van der Waals surface area contributed by atoms with Crippen LogP contribution in [0, 0.1) is 0 Å². The summed E-state index contributed by atoms with van der Waals surface area (Å²) in [4.78, 5) is 48.1. The SMILES string of the molecule is NC(=O)CSC1=Nc2ccccc2C2=N[C@@H](CCC(=O)NCc3cccs3)C(=O)N12. The molecule has 0 saturated carbocycles. The number of primary amides is 1. The third-order valence-corrected chi connectivity index (χ3v) is 6.41. The van der Waals surface area contributed by atoms with Gasteiger partial charge in [0.1, 0.15) is 11.9 Å². The van der Waals surface area contributed by atoms with Crippen molar-refractivity contribution in [1.82, 2.24) is 10.2 Å². The molecule has 0 fully saturated rings. The molecule has 0 bridgehead atoms. The lowest BCUT2D eigenvalue weighted by molar-refractivity contribution is -0.125. The zero-order chi connectivity index (χ0) is 21.1. The maximum atomic E-state index is 13.0. The molecular weight excluding hydrogens is 422 g/mol. The Morgan fingerprint density at radius 3 is 2.83 bits per heavy atom. The first-order chi connectivity index (χ1) is 14.5. The maximum Gasteiger partial charge on any atom is 0.259 e. The number of aliphatic imine (C=N–C) groups is 2.